The minimum absolute atomic E-state index is 0.0107. The number of carbonyl (C=O) groups excluding carboxylic acids is 1. The van der Waals surface area contributed by atoms with Crippen molar-refractivity contribution >= 4 is 5.97 Å². The number of benzene rings is 9. The first-order chi connectivity index (χ1) is 39.0. The van der Waals surface area contributed by atoms with E-state index in [2.05, 4.69) is 0 Å². The molecule has 2 aliphatic heterocycles. The lowest BCUT2D eigenvalue weighted by Gasteiger charge is -2.35. The van der Waals surface area contributed by atoms with E-state index in [9.17, 15) is 61.0 Å². The monoisotopic (exact) mass is 1080 g/mol. The van der Waals surface area contributed by atoms with Gasteiger partial charge in [0.1, 0.15) is 87.0 Å². The molecule has 406 valence electrons. The predicted octanol–water partition coefficient (Wildman–Crippen LogP) is 11.8. The number of hydrogen-bond donors (Lipinski definition) is 11. The molecule has 0 radical (unpaired) electrons. The smallest absolute Gasteiger partial charge is 0.306 e. The van der Waals surface area contributed by atoms with Crippen molar-refractivity contribution in [2.24, 2.45) is 0 Å². The number of phenolic OH excluding ortho intramolecular Hbond substituents is 11. The van der Waals surface area contributed by atoms with E-state index in [1.165, 1.54) is 86.0 Å². The van der Waals surface area contributed by atoms with Crippen molar-refractivity contribution in [3.63, 3.8) is 0 Å². The third-order valence-electron chi connectivity index (χ3n) is 16.9. The largest absolute Gasteiger partial charge is 0.508 e. The van der Waals surface area contributed by atoms with Gasteiger partial charge in [-0.25, -0.2) is 0 Å². The topological polar surface area (TPSA) is 267 Å². The molecule has 9 atom stereocenters. The molecular formula is C66H52O15. The minimum atomic E-state index is -1.07. The van der Waals surface area contributed by atoms with E-state index >= 15 is 0 Å². The quantitative estimate of drug-likeness (QED) is 0.0569. The number of rotatable bonds is 10. The molecule has 11 N–H and O–H groups in total. The summed E-state index contributed by atoms with van der Waals surface area (Å²) in [5.74, 6) is -8.67. The summed E-state index contributed by atoms with van der Waals surface area (Å²) in [6.45, 7) is 0. The molecule has 4 aliphatic rings. The molecule has 13 rings (SSSR count). The number of ether oxygens (including phenoxy) is 3. The molecule has 81 heavy (non-hydrogen) atoms. The lowest BCUT2D eigenvalue weighted by Crippen LogP contribution is -2.21. The van der Waals surface area contributed by atoms with Gasteiger partial charge in [-0.15, -0.1) is 0 Å². The zero-order valence-electron chi connectivity index (χ0n) is 43.0. The van der Waals surface area contributed by atoms with E-state index in [1.54, 1.807) is 84.9 Å². The van der Waals surface area contributed by atoms with Crippen LogP contribution in [0.25, 0.3) is 0 Å². The van der Waals surface area contributed by atoms with Gasteiger partial charge in [0.2, 0.25) is 0 Å². The van der Waals surface area contributed by atoms with Crippen LogP contribution in [-0.4, -0.2) is 69.3 Å². The van der Waals surface area contributed by atoms with Gasteiger partial charge in [0.05, 0.1) is 25.4 Å². The van der Waals surface area contributed by atoms with E-state index in [1.807, 2.05) is 0 Å². The molecule has 2 heterocycles. The van der Waals surface area contributed by atoms with Crippen molar-refractivity contribution in [3.05, 3.63) is 242 Å². The van der Waals surface area contributed by atoms with Crippen molar-refractivity contribution < 1.29 is 75.2 Å². The standard InChI is InChI=1S/C66H52O15/c1-79-50(77)29-45(30-2-12-36(67)13-3-30)58-63(78)61-56(47-26-44(75)28-49-55(47)53(35-22-41(72)24-42(73)23-35)64(80-49)33-8-18-39(70)19-9-33)52(32-6-16-38(69)17-7-32)59-51(31-4-14-37(68)15-5-31)54-46(25-43(74)27-48(54)76)57-62(60(59)61)66(58)81-65(57)34-10-20-40(71)21-11-34/h2-28,45,51-53,56-57,59,64-65,67-76,78H,29H2,1H3/t45-,51?,52+,53+,56+,57+,59-,64-,65-/m1/s1. The first-order valence-electron chi connectivity index (χ1n) is 26.3. The number of carbonyl (C=O) groups is 1. The average molecular weight is 1090 g/mol. The van der Waals surface area contributed by atoms with Gasteiger partial charge in [0, 0.05) is 75.6 Å². The Bertz CT molecular complexity index is 3950. The maximum absolute atomic E-state index is 14.2. The van der Waals surface area contributed by atoms with Gasteiger partial charge in [-0.1, -0.05) is 60.7 Å². The second-order valence-electron chi connectivity index (χ2n) is 21.4. The Balaban J connectivity index is 1.22. The highest BCUT2D eigenvalue weighted by atomic mass is 16.5. The van der Waals surface area contributed by atoms with E-state index in [0.29, 0.717) is 72.3 Å². The maximum Gasteiger partial charge on any atom is 0.306 e. The Morgan fingerprint density at radius 2 is 0.901 bits per heavy atom. The molecular weight excluding hydrogens is 1030 g/mol. The van der Waals surface area contributed by atoms with Crippen LogP contribution in [0.2, 0.25) is 0 Å². The summed E-state index contributed by atoms with van der Waals surface area (Å²) in [7, 11) is 1.25. The summed E-state index contributed by atoms with van der Waals surface area (Å²) in [6.07, 6.45) is -2.28. The Hall–Kier alpha value is -10.2. The summed E-state index contributed by atoms with van der Waals surface area (Å²) in [6, 6.07) is 42.3. The summed E-state index contributed by atoms with van der Waals surface area (Å²) >= 11 is 0. The summed E-state index contributed by atoms with van der Waals surface area (Å²) < 4.78 is 19.6. The Morgan fingerprint density at radius 3 is 1.46 bits per heavy atom. The van der Waals surface area contributed by atoms with Gasteiger partial charge in [-0.3, -0.25) is 4.79 Å². The molecule has 15 heteroatoms. The van der Waals surface area contributed by atoms with E-state index in [0.717, 1.165) is 0 Å². The lowest BCUT2D eigenvalue weighted by atomic mass is 9.68. The van der Waals surface area contributed by atoms with Crippen LogP contribution >= 0.6 is 0 Å². The second kappa shape index (κ2) is 19.0. The van der Waals surface area contributed by atoms with E-state index in [4.69, 9.17) is 14.2 Å². The van der Waals surface area contributed by atoms with Crippen LogP contribution in [0.4, 0.5) is 0 Å². The van der Waals surface area contributed by atoms with Crippen molar-refractivity contribution in [1.82, 2.24) is 0 Å². The first-order valence-corrected chi connectivity index (χ1v) is 26.3. The van der Waals surface area contributed by atoms with Gasteiger partial charge in [-0.05, 0) is 135 Å². The molecule has 2 aliphatic carbocycles. The van der Waals surface area contributed by atoms with Crippen LogP contribution in [0, 0.1) is 0 Å². The second-order valence-corrected chi connectivity index (χ2v) is 21.4. The van der Waals surface area contributed by atoms with Crippen LogP contribution in [0.15, 0.2) is 164 Å². The maximum atomic E-state index is 14.2. The Labute approximate surface area is 462 Å². The fourth-order valence-corrected chi connectivity index (χ4v) is 13.8. The molecule has 0 aromatic heterocycles. The van der Waals surface area contributed by atoms with Crippen LogP contribution in [-0.2, 0) is 9.53 Å². The number of fused-ring (bicyclic) bond motifs is 3. The molecule has 1 unspecified atom stereocenters. The molecule has 0 bridgehead atoms. The highest BCUT2D eigenvalue weighted by Crippen LogP contribution is 2.73. The third-order valence-corrected chi connectivity index (χ3v) is 16.9. The molecule has 15 nitrogen and oxygen atoms in total. The summed E-state index contributed by atoms with van der Waals surface area (Å²) in [5, 5.41) is 127. The minimum Gasteiger partial charge on any atom is -0.508 e. The van der Waals surface area contributed by atoms with Crippen molar-refractivity contribution in [1.29, 1.82) is 0 Å². The van der Waals surface area contributed by atoms with Crippen molar-refractivity contribution in [3.8, 4) is 74.7 Å². The predicted molar refractivity (Wildman–Crippen MR) is 294 cm³/mol. The van der Waals surface area contributed by atoms with Crippen LogP contribution in [0.5, 0.6) is 74.7 Å². The molecule has 0 amide bonds. The van der Waals surface area contributed by atoms with Gasteiger partial charge < -0.3 is 70.4 Å². The zero-order chi connectivity index (χ0) is 56.3. The lowest BCUT2D eigenvalue weighted by molar-refractivity contribution is -0.140. The number of hydrogen-bond acceptors (Lipinski definition) is 15. The first kappa shape index (κ1) is 50.4. The van der Waals surface area contributed by atoms with Gasteiger partial charge in [0.15, 0.2) is 0 Å². The number of aromatic hydroxyl groups is 11. The SMILES string of the molecule is COC(=O)C[C@H](c1ccc(O)cc1)c1c(O)c2c3c4c1O[C@H](c1ccc(O)cc1)[C@H]4c1cc(O)cc(O)c1C(c1ccc(O)cc1)[C@@H]3[C@@H](c1ccc(O)cc1)[C@@H]2c1cc(O)cc2c1[C@H](c1cc(O)cc(O)c1)[C@@H](c1ccc(O)cc1)O2. The highest BCUT2D eigenvalue weighted by Gasteiger charge is 2.59. The Morgan fingerprint density at radius 1 is 0.420 bits per heavy atom. The molecule has 0 saturated heterocycles. The van der Waals surface area contributed by atoms with E-state index < -0.39 is 59.6 Å². The van der Waals surface area contributed by atoms with Gasteiger partial charge in [-0.2, -0.15) is 0 Å². The fraction of sp³-hybridized carbons (Fsp3) is 0.167. The molecule has 9 aromatic rings. The van der Waals surface area contributed by atoms with Crippen LogP contribution in [0.1, 0.15) is 138 Å². The van der Waals surface area contributed by atoms with Crippen molar-refractivity contribution in [2.75, 3.05) is 7.11 Å². The highest BCUT2D eigenvalue weighted by molar-refractivity contribution is 5.79. The number of phenols is 11. The number of esters is 1. The van der Waals surface area contributed by atoms with Crippen LogP contribution in [0.3, 0.4) is 0 Å². The molecule has 0 saturated carbocycles. The molecule has 0 fully saturated rings. The van der Waals surface area contributed by atoms with E-state index in [-0.39, 0.29) is 86.7 Å². The molecule has 9 aromatic carbocycles. The summed E-state index contributed by atoms with van der Waals surface area (Å²) in [4.78, 5) is 13.9. The number of methoxy groups -OCH3 is 1. The van der Waals surface area contributed by atoms with Crippen LogP contribution < -0.4 is 9.47 Å². The fourth-order valence-electron chi connectivity index (χ4n) is 13.8. The van der Waals surface area contributed by atoms with Gasteiger partial charge >= 0.3 is 5.97 Å². The third kappa shape index (κ3) is 8.21. The molecule has 0 spiro atoms. The summed E-state index contributed by atoms with van der Waals surface area (Å²) in [5.41, 5.74) is 6.51. The Kier molecular flexibility index (Phi) is 11.8. The average Bonchev–Trinajstić information content (AvgIpc) is 1.86. The normalized spacial score (nSPS) is 21.2. The van der Waals surface area contributed by atoms with Gasteiger partial charge in [0.25, 0.3) is 0 Å². The zero-order valence-corrected chi connectivity index (χ0v) is 43.0. The van der Waals surface area contributed by atoms with Crippen molar-refractivity contribution in [2.45, 2.75) is 60.1 Å².